The Morgan fingerprint density at radius 2 is 2.44 bits per heavy atom. The van der Waals surface area contributed by atoms with Crippen molar-refractivity contribution in [1.29, 1.82) is 0 Å². The SMILES string of the molecule is Cc1occc1SCCC1CCCC1(N)C(N)=O. The van der Waals surface area contributed by atoms with Crippen LogP contribution in [0.15, 0.2) is 21.6 Å². The third-order valence-corrected chi connectivity index (χ3v) is 5.04. The summed E-state index contributed by atoms with van der Waals surface area (Å²) in [4.78, 5) is 12.6. The fraction of sp³-hybridized carbons (Fsp3) is 0.615. The van der Waals surface area contributed by atoms with E-state index in [1.807, 2.05) is 13.0 Å². The molecule has 0 spiro atoms. The second-order valence-corrected chi connectivity index (χ2v) is 6.11. The highest BCUT2D eigenvalue weighted by atomic mass is 32.2. The number of nitrogens with two attached hydrogens (primary N) is 2. The molecular weight excluding hydrogens is 248 g/mol. The van der Waals surface area contributed by atoms with E-state index in [4.69, 9.17) is 15.9 Å². The molecule has 100 valence electrons. The lowest BCUT2D eigenvalue weighted by molar-refractivity contribution is -0.124. The van der Waals surface area contributed by atoms with Crippen LogP contribution >= 0.6 is 11.8 Å². The van der Waals surface area contributed by atoms with E-state index in [1.165, 1.54) is 0 Å². The van der Waals surface area contributed by atoms with E-state index < -0.39 is 5.54 Å². The third kappa shape index (κ3) is 2.57. The van der Waals surface area contributed by atoms with Crippen molar-refractivity contribution in [3.8, 4) is 0 Å². The van der Waals surface area contributed by atoms with Crippen molar-refractivity contribution in [3.63, 3.8) is 0 Å². The number of furan rings is 1. The molecule has 0 radical (unpaired) electrons. The Bertz CT molecular complexity index is 432. The molecule has 2 atom stereocenters. The first-order chi connectivity index (χ1) is 8.54. The largest absolute Gasteiger partial charge is 0.468 e. The van der Waals surface area contributed by atoms with E-state index in [1.54, 1.807) is 18.0 Å². The number of primary amides is 1. The van der Waals surface area contributed by atoms with Crippen LogP contribution in [0.2, 0.25) is 0 Å². The van der Waals surface area contributed by atoms with Gasteiger partial charge in [-0.05, 0) is 43.9 Å². The Morgan fingerprint density at radius 1 is 1.67 bits per heavy atom. The van der Waals surface area contributed by atoms with Gasteiger partial charge in [-0.2, -0.15) is 0 Å². The highest BCUT2D eigenvalue weighted by molar-refractivity contribution is 7.99. The van der Waals surface area contributed by atoms with Crippen LogP contribution in [-0.2, 0) is 4.79 Å². The molecule has 4 nitrogen and oxygen atoms in total. The Kier molecular flexibility index (Phi) is 4.02. The number of carbonyl (C=O) groups excluding carboxylic acids is 1. The van der Waals surface area contributed by atoms with Gasteiger partial charge in [0.15, 0.2) is 0 Å². The van der Waals surface area contributed by atoms with Gasteiger partial charge in [-0.25, -0.2) is 0 Å². The lowest BCUT2D eigenvalue weighted by Crippen LogP contribution is -2.54. The van der Waals surface area contributed by atoms with Crippen molar-refractivity contribution in [2.75, 3.05) is 5.75 Å². The Balaban J connectivity index is 1.87. The van der Waals surface area contributed by atoms with Crippen molar-refractivity contribution < 1.29 is 9.21 Å². The first kappa shape index (κ1) is 13.5. The maximum Gasteiger partial charge on any atom is 0.237 e. The fourth-order valence-electron chi connectivity index (χ4n) is 2.66. The Morgan fingerprint density at radius 3 is 3.06 bits per heavy atom. The van der Waals surface area contributed by atoms with E-state index in [2.05, 4.69) is 0 Å². The summed E-state index contributed by atoms with van der Waals surface area (Å²) < 4.78 is 5.25. The van der Waals surface area contributed by atoms with Crippen molar-refractivity contribution in [1.82, 2.24) is 0 Å². The van der Waals surface area contributed by atoms with Crippen LogP contribution in [0.3, 0.4) is 0 Å². The van der Waals surface area contributed by atoms with Crippen molar-refractivity contribution in [2.24, 2.45) is 17.4 Å². The molecular formula is C13H20N2O2S. The minimum atomic E-state index is -0.786. The van der Waals surface area contributed by atoms with Gasteiger partial charge in [-0.15, -0.1) is 11.8 Å². The number of aryl methyl sites for hydroxylation is 1. The summed E-state index contributed by atoms with van der Waals surface area (Å²) in [5, 5.41) is 0. The van der Waals surface area contributed by atoms with Gasteiger partial charge in [0, 0.05) is 4.90 Å². The molecule has 1 heterocycles. The van der Waals surface area contributed by atoms with Gasteiger partial charge in [-0.3, -0.25) is 4.79 Å². The van der Waals surface area contributed by atoms with E-state index >= 15 is 0 Å². The van der Waals surface area contributed by atoms with Gasteiger partial charge >= 0.3 is 0 Å². The van der Waals surface area contributed by atoms with E-state index in [9.17, 15) is 4.79 Å². The van der Waals surface area contributed by atoms with Gasteiger partial charge < -0.3 is 15.9 Å². The summed E-state index contributed by atoms with van der Waals surface area (Å²) >= 11 is 1.75. The Labute approximate surface area is 111 Å². The van der Waals surface area contributed by atoms with Gasteiger partial charge in [0.2, 0.25) is 5.91 Å². The highest BCUT2D eigenvalue weighted by Crippen LogP contribution is 2.37. The first-order valence-electron chi connectivity index (χ1n) is 6.29. The van der Waals surface area contributed by atoms with Gasteiger partial charge in [0.1, 0.15) is 5.76 Å². The second-order valence-electron chi connectivity index (χ2n) is 4.97. The summed E-state index contributed by atoms with van der Waals surface area (Å²) in [5.41, 5.74) is 10.8. The van der Waals surface area contributed by atoms with Crippen LogP contribution in [0.25, 0.3) is 0 Å². The van der Waals surface area contributed by atoms with E-state index in [-0.39, 0.29) is 11.8 Å². The minimum absolute atomic E-state index is 0.217. The van der Waals surface area contributed by atoms with Crippen LogP contribution in [0.1, 0.15) is 31.4 Å². The molecule has 0 bridgehead atoms. The molecule has 1 saturated carbocycles. The maximum atomic E-state index is 11.5. The predicted molar refractivity (Wildman–Crippen MR) is 72.2 cm³/mol. The maximum absolute atomic E-state index is 11.5. The normalized spacial score (nSPS) is 27.6. The van der Waals surface area contributed by atoms with E-state index in [0.29, 0.717) is 0 Å². The van der Waals surface area contributed by atoms with E-state index in [0.717, 1.165) is 42.1 Å². The fourth-order valence-corrected chi connectivity index (χ4v) is 3.69. The zero-order valence-corrected chi connectivity index (χ0v) is 11.5. The summed E-state index contributed by atoms with van der Waals surface area (Å²) in [6.07, 6.45) is 5.35. The average molecular weight is 268 g/mol. The summed E-state index contributed by atoms with van der Waals surface area (Å²) in [6.45, 7) is 1.95. The van der Waals surface area contributed by atoms with Crippen LogP contribution in [0.5, 0.6) is 0 Å². The third-order valence-electron chi connectivity index (χ3n) is 3.87. The first-order valence-corrected chi connectivity index (χ1v) is 7.28. The number of carbonyl (C=O) groups is 1. The van der Waals surface area contributed by atoms with Crippen LogP contribution in [0.4, 0.5) is 0 Å². The summed E-state index contributed by atoms with van der Waals surface area (Å²) in [5.74, 6) is 1.75. The molecule has 18 heavy (non-hydrogen) atoms. The lowest BCUT2D eigenvalue weighted by Gasteiger charge is -2.27. The molecule has 5 heteroatoms. The number of thioether (sulfide) groups is 1. The van der Waals surface area contributed by atoms with Crippen molar-refractivity contribution in [3.05, 3.63) is 18.1 Å². The van der Waals surface area contributed by atoms with Crippen molar-refractivity contribution >= 4 is 17.7 Å². The number of rotatable bonds is 5. The van der Waals surface area contributed by atoms with Gasteiger partial charge in [0.25, 0.3) is 0 Å². The van der Waals surface area contributed by atoms with Crippen LogP contribution < -0.4 is 11.5 Å². The second kappa shape index (κ2) is 5.36. The quantitative estimate of drug-likeness (QED) is 0.801. The molecule has 2 unspecified atom stereocenters. The molecule has 2 rings (SSSR count). The molecule has 1 aromatic rings. The molecule has 0 aliphatic heterocycles. The number of amides is 1. The highest BCUT2D eigenvalue weighted by Gasteiger charge is 2.43. The topological polar surface area (TPSA) is 82.2 Å². The number of hydrogen-bond acceptors (Lipinski definition) is 4. The zero-order valence-electron chi connectivity index (χ0n) is 10.6. The number of hydrogen-bond donors (Lipinski definition) is 2. The van der Waals surface area contributed by atoms with Crippen molar-refractivity contribution in [2.45, 2.75) is 43.0 Å². The predicted octanol–water partition coefficient (Wildman–Crippen LogP) is 2.05. The molecule has 1 aliphatic rings. The Hall–Kier alpha value is -0.940. The molecule has 1 aliphatic carbocycles. The average Bonchev–Trinajstić information content (AvgIpc) is 2.88. The zero-order chi connectivity index (χ0) is 13.2. The summed E-state index contributed by atoms with van der Waals surface area (Å²) in [6, 6.07) is 1.97. The smallest absolute Gasteiger partial charge is 0.237 e. The molecule has 0 saturated heterocycles. The summed E-state index contributed by atoms with van der Waals surface area (Å²) in [7, 11) is 0. The minimum Gasteiger partial charge on any atom is -0.468 e. The molecule has 1 amide bonds. The molecule has 0 aromatic carbocycles. The van der Waals surface area contributed by atoms with Crippen LogP contribution in [0, 0.1) is 12.8 Å². The van der Waals surface area contributed by atoms with Gasteiger partial charge in [-0.1, -0.05) is 6.42 Å². The van der Waals surface area contributed by atoms with Gasteiger partial charge in [0.05, 0.1) is 11.8 Å². The monoisotopic (exact) mass is 268 g/mol. The standard InChI is InChI=1S/C13H20N2O2S/c1-9-11(4-7-17-9)18-8-5-10-3-2-6-13(10,15)12(14)16/h4,7,10H,2-3,5-6,8,15H2,1H3,(H2,14,16). The molecule has 1 fully saturated rings. The van der Waals surface area contributed by atoms with Crippen LogP contribution in [-0.4, -0.2) is 17.2 Å². The molecule has 4 N–H and O–H groups in total. The molecule has 1 aromatic heterocycles. The lowest BCUT2D eigenvalue weighted by atomic mass is 9.85.